The van der Waals surface area contributed by atoms with Crippen LogP contribution in [0.3, 0.4) is 0 Å². The van der Waals surface area contributed by atoms with Gasteiger partial charge in [-0.05, 0) is 27.7 Å². The summed E-state index contributed by atoms with van der Waals surface area (Å²) < 4.78 is 39.2. The first-order chi connectivity index (χ1) is 6.25. The summed E-state index contributed by atoms with van der Waals surface area (Å²) in [4.78, 5) is 0. The molecule has 0 bridgehead atoms. The molecule has 14 heavy (non-hydrogen) atoms. The summed E-state index contributed by atoms with van der Waals surface area (Å²) in [7, 11) is 0. The van der Waals surface area contributed by atoms with Crippen molar-refractivity contribution in [2.24, 2.45) is 0 Å². The Balaban J connectivity index is 3.31. The lowest BCUT2D eigenvalue weighted by Crippen LogP contribution is -2.25. The summed E-state index contributed by atoms with van der Waals surface area (Å²) in [5, 5.41) is 3.76. The van der Waals surface area contributed by atoms with Gasteiger partial charge in [0.25, 0.3) is 6.43 Å². The summed E-state index contributed by atoms with van der Waals surface area (Å²) in [6, 6.07) is 0. The molecule has 0 N–H and O–H groups in total. The van der Waals surface area contributed by atoms with Gasteiger partial charge in [-0.1, -0.05) is 0 Å². The van der Waals surface area contributed by atoms with Gasteiger partial charge in [-0.15, -0.1) is 0 Å². The third-order valence-corrected chi connectivity index (χ3v) is 1.90. The molecule has 0 saturated carbocycles. The molecule has 0 radical (unpaired) electrons. The molecule has 2 nitrogen and oxygen atoms in total. The molecule has 0 spiro atoms. The van der Waals surface area contributed by atoms with Crippen molar-refractivity contribution in [1.29, 1.82) is 0 Å². The molecule has 5 heteroatoms. The third-order valence-electron chi connectivity index (χ3n) is 1.90. The van der Waals surface area contributed by atoms with Gasteiger partial charge in [0.2, 0.25) is 5.95 Å². The smallest absolute Gasteiger partial charge is 0.234 e. The predicted molar refractivity (Wildman–Crippen MR) is 46.9 cm³/mol. The second-order valence-corrected chi connectivity index (χ2v) is 4.17. The maximum atomic E-state index is 13.5. The van der Waals surface area contributed by atoms with E-state index in [1.165, 1.54) is 6.92 Å². The highest BCUT2D eigenvalue weighted by Gasteiger charge is 2.27. The van der Waals surface area contributed by atoms with Crippen LogP contribution < -0.4 is 0 Å². The Kier molecular flexibility index (Phi) is 2.61. The van der Waals surface area contributed by atoms with Crippen LogP contribution in [-0.2, 0) is 5.54 Å². The first-order valence-electron chi connectivity index (χ1n) is 4.28. The molecule has 0 unspecified atom stereocenters. The number of halogens is 3. The Morgan fingerprint density at radius 3 is 2.00 bits per heavy atom. The Labute approximate surface area is 80.7 Å². The van der Waals surface area contributed by atoms with Crippen LogP contribution in [0.1, 0.15) is 38.5 Å². The van der Waals surface area contributed by atoms with Gasteiger partial charge in [0.1, 0.15) is 0 Å². The van der Waals surface area contributed by atoms with Gasteiger partial charge >= 0.3 is 0 Å². The number of alkyl halides is 2. The lowest BCUT2D eigenvalue weighted by molar-refractivity contribution is 0.143. The Hall–Kier alpha value is -1.00. The van der Waals surface area contributed by atoms with Crippen molar-refractivity contribution >= 4 is 0 Å². The van der Waals surface area contributed by atoms with Crippen LogP contribution in [0, 0.1) is 12.9 Å². The van der Waals surface area contributed by atoms with Gasteiger partial charge in [-0.2, -0.15) is 9.49 Å². The highest BCUT2D eigenvalue weighted by atomic mass is 19.3. The fraction of sp³-hybridized carbons (Fsp3) is 0.667. The van der Waals surface area contributed by atoms with E-state index < -0.39 is 23.5 Å². The zero-order valence-electron chi connectivity index (χ0n) is 8.61. The van der Waals surface area contributed by atoms with Crippen LogP contribution in [0.25, 0.3) is 0 Å². The maximum Gasteiger partial charge on any atom is 0.270 e. The van der Waals surface area contributed by atoms with Gasteiger partial charge in [0.05, 0.1) is 16.8 Å². The van der Waals surface area contributed by atoms with E-state index in [-0.39, 0.29) is 5.69 Å². The van der Waals surface area contributed by atoms with E-state index in [1.807, 2.05) is 0 Å². The predicted octanol–water partition coefficient (Wildman–Crippen LogP) is 3.02. The van der Waals surface area contributed by atoms with Crippen LogP contribution in [0.2, 0.25) is 0 Å². The molecule has 1 aromatic rings. The minimum atomic E-state index is -2.81. The molecule has 0 atom stereocenters. The minimum absolute atomic E-state index is 0.0485. The second kappa shape index (κ2) is 3.29. The van der Waals surface area contributed by atoms with Crippen LogP contribution in [0.5, 0.6) is 0 Å². The average Bonchev–Trinajstić information content (AvgIpc) is 2.24. The van der Waals surface area contributed by atoms with E-state index in [0.717, 1.165) is 4.68 Å². The molecule has 0 fully saturated rings. The molecular weight excluding hydrogens is 193 g/mol. The zero-order valence-corrected chi connectivity index (χ0v) is 8.61. The third kappa shape index (κ3) is 1.76. The summed E-state index contributed by atoms with van der Waals surface area (Å²) >= 11 is 0. The monoisotopic (exact) mass is 206 g/mol. The highest BCUT2D eigenvalue weighted by molar-refractivity contribution is 5.19. The zero-order chi connectivity index (χ0) is 11.1. The number of rotatable bonds is 1. The van der Waals surface area contributed by atoms with E-state index in [4.69, 9.17) is 0 Å². The van der Waals surface area contributed by atoms with Crippen molar-refractivity contribution in [3.05, 3.63) is 17.2 Å². The lowest BCUT2D eigenvalue weighted by atomic mass is 10.1. The van der Waals surface area contributed by atoms with Crippen molar-refractivity contribution in [2.45, 2.75) is 39.7 Å². The molecule has 0 saturated heterocycles. The molecular formula is C9H13F3N2. The molecule has 0 aliphatic carbocycles. The first-order valence-corrected chi connectivity index (χ1v) is 4.28. The van der Waals surface area contributed by atoms with Crippen molar-refractivity contribution in [1.82, 2.24) is 9.78 Å². The van der Waals surface area contributed by atoms with E-state index in [0.29, 0.717) is 0 Å². The Morgan fingerprint density at radius 1 is 1.29 bits per heavy atom. The average molecular weight is 206 g/mol. The summed E-state index contributed by atoms with van der Waals surface area (Å²) in [5.41, 5.74) is -1.17. The first kappa shape index (κ1) is 11.1. The molecule has 0 aliphatic rings. The van der Waals surface area contributed by atoms with Crippen molar-refractivity contribution < 1.29 is 13.2 Å². The highest BCUT2D eigenvalue weighted by Crippen LogP contribution is 2.28. The van der Waals surface area contributed by atoms with E-state index >= 15 is 0 Å². The summed E-state index contributed by atoms with van der Waals surface area (Å²) in [6.45, 7) is 6.50. The number of hydrogen-bond acceptors (Lipinski definition) is 1. The van der Waals surface area contributed by atoms with Crippen molar-refractivity contribution in [3.8, 4) is 0 Å². The molecule has 1 heterocycles. The largest absolute Gasteiger partial charge is 0.270 e. The fourth-order valence-corrected chi connectivity index (χ4v) is 1.20. The number of aryl methyl sites for hydroxylation is 1. The summed E-state index contributed by atoms with van der Waals surface area (Å²) in [6.07, 6.45) is -2.81. The quantitative estimate of drug-likeness (QED) is 0.690. The standard InChI is InChI=1S/C9H13F3N2/c1-5-6(7(10)11)8(12)14(13-5)9(2,3)4/h7H,1-4H3. The van der Waals surface area contributed by atoms with Gasteiger partial charge in [0, 0.05) is 0 Å². The number of nitrogens with zero attached hydrogens (tertiary/aromatic N) is 2. The van der Waals surface area contributed by atoms with Crippen LogP contribution in [0.4, 0.5) is 13.2 Å². The SMILES string of the molecule is Cc1nn(C(C)(C)C)c(F)c1C(F)F. The molecule has 0 aliphatic heterocycles. The van der Waals surface area contributed by atoms with Gasteiger partial charge in [-0.3, -0.25) is 0 Å². The van der Waals surface area contributed by atoms with Gasteiger partial charge in [0.15, 0.2) is 0 Å². The lowest BCUT2D eigenvalue weighted by Gasteiger charge is -2.19. The van der Waals surface area contributed by atoms with E-state index in [9.17, 15) is 13.2 Å². The van der Waals surface area contributed by atoms with Crippen molar-refractivity contribution in [3.63, 3.8) is 0 Å². The van der Waals surface area contributed by atoms with Crippen LogP contribution in [0.15, 0.2) is 0 Å². The van der Waals surface area contributed by atoms with Crippen molar-refractivity contribution in [2.75, 3.05) is 0 Å². The summed E-state index contributed by atoms with van der Waals surface area (Å²) in [5.74, 6) is -0.940. The van der Waals surface area contributed by atoms with Gasteiger partial charge < -0.3 is 0 Å². The van der Waals surface area contributed by atoms with E-state index in [1.54, 1.807) is 20.8 Å². The van der Waals surface area contributed by atoms with Crippen LogP contribution >= 0.6 is 0 Å². The second-order valence-electron chi connectivity index (χ2n) is 4.17. The van der Waals surface area contributed by atoms with Crippen LogP contribution in [-0.4, -0.2) is 9.78 Å². The number of hydrogen-bond donors (Lipinski definition) is 0. The molecule has 1 aromatic heterocycles. The van der Waals surface area contributed by atoms with E-state index in [2.05, 4.69) is 5.10 Å². The Bertz CT molecular complexity index is 337. The maximum absolute atomic E-state index is 13.5. The molecule has 0 amide bonds. The normalized spacial score (nSPS) is 12.6. The molecule has 1 rings (SSSR count). The number of aromatic nitrogens is 2. The molecule has 0 aromatic carbocycles. The van der Waals surface area contributed by atoms with Gasteiger partial charge in [-0.25, -0.2) is 13.5 Å². The Morgan fingerprint density at radius 2 is 1.79 bits per heavy atom. The molecule has 80 valence electrons. The topological polar surface area (TPSA) is 17.8 Å². The fourth-order valence-electron chi connectivity index (χ4n) is 1.20. The minimum Gasteiger partial charge on any atom is -0.234 e.